The van der Waals surface area contributed by atoms with E-state index in [4.69, 9.17) is 14.6 Å². The van der Waals surface area contributed by atoms with Crippen molar-refractivity contribution in [2.75, 3.05) is 32.8 Å². The van der Waals surface area contributed by atoms with Crippen molar-refractivity contribution >= 4 is 12.0 Å². The number of halogens is 3. The number of likely N-dealkylation sites (tertiary alicyclic amines) is 1. The van der Waals surface area contributed by atoms with Crippen LogP contribution < -0.4 is 4.74 Å². The summed E-state index contributed by atoms with van der Waals surface area (Å²) in [7, 11) is 0. The molecule has 2 atom stereocenters. The van der Waals surface area contributed by atoms with Crippen LogP contribution in [-0.2, 0) is 10.9 Å². The van der Waals surface area contributed by atoms with Gasteiger partial charge in [0.05, 0.1) is 36.9 Å². The van der Waals surface area contributed by atoms with Crippen LogP contribution in [0.15, 0.2) is 18.2 Å². The molecule has 1 aromatic rings. The third-order valence-corrected chi connectivity index (χ3v) is 4.87. The van der Waals surface area contributed by atoms with Crippen molar-refractivity contribution in [3.05, 3.63) is 29.3 Å². The fourth-order valence-electron chi connectivity index (χ4n) is 3.34. The lowest BCUT2D eigenvalue weighted by atomic mass is 10.1. The monoisotopic (exact) mass is 402 g/mol. The molecule has 1 unspecified atom stereocenters. The highest BCUT2D eigenvalue weighted by Crippen LogP contribution is 2.34. The third kappa shape index (κ3) is 4.32. The predicted molar refractivity (Wildman–Crippen MR) is 91.4 cm³/mol. The molecule has 2 aliphatic heterocycles. The molecule has 2 heterocycles. The Morgan fingerprint density at radius 2 is 2.04 bits per heavy atom. The maximum atomic E-state index is 13.2. The molecule has 0 bridgehead atoms. The maximum Gasteiger partial charge on any atom is 0.416 e. The quantitative estimate of drug-likeness (QED) is 0.841. The molecule has 0 spiro atoms. The van der Waals surface area contributed by atoms with E-state index in [0.717, 1.165) is 18.2 Å². The smallest absolute Gasteiger partial charge is 0.416 e. The average molecular weight is 402 g/mol. The van der Waals surface area contributed by atoms with Crippen LogP contribution in [0.2, 0.25) is 0 Å². The highest BCUT2D eigenvalue weighted by molar-refractivity contribution is 5.97. The van der Waals surface area contributed by atoms with Gasteiger partial charge in [-0.15, -0.1) is 0 Å². The number of carboxylic acid groups (broad SMARTS) is 1. The van der Waals surface area contributed by atoms with Crippen molar-refractivity contribution in [3.63, 3.8) is 0 Å². The van der Waals surface area contributed by atoms with E-state index >= 15 is 0 Å². The van der Waals surface area contributed by atoms with Gasteiger partial charge in [0.2, 0.25) is 0 Å². The minimum Gasteiger partial charge on any atom is -0.488 e. The lowest BCUT2D eigenvalue weighted by Gasteiger charge is -2.34. The van der Waals surface area contributed by atoms with E-state index in [1.807, 2.05) is 0 Å². The molecule has 2 fully saturated rings. The number of benzene rings is 1. The summed E-state index contributed by atoms with van der Waals surface area (Å²) in [6.45, 7) is 3.00. The zero-order chi connectivity index (χ0) is 20.5. The SMILES string of the molecule is C[C@H]1COCCN1C(=O)c1cc(C(F)(F)F)ccc1OC1CCN(C(=O)O)C1. The normalized spacial score (nSPS) is 23.0. The van der Waals surface area contributed by atoms with Gasteiger partial charge < -0.3 is 24.4 Å². The molecule has 3 rings (SSSR count). The molecule has 0 radical (unpaired) electrons. The van der Waals surface area contributed by atoms with Gasteiger partial charge in [-0.3, -0.25) is 4.79 Å². The summed E-state index contributed by atoms with van der Waals surface area (Å²) in [5, 5.41) is 9.04. The van der Waals surface area contributed by atoms with Gasteiger partial charge in [0.15, 0.2) is 0 Å². The molecule has 0 saturated carbocycles. The van der Waals surface area contributed by atoms with E-state index in [2.05, 4.69) is 0 Å². The van der Waals surface area contributed by atoms with Crippen LogP contribution in [0.3, 0.4) is 0 Å². The third-order valence-electron chi connectivity index (χ3n) is 4.87. The van der Waals surface area contributed by atoms with Crippen LogP contribution in [-0.4, -0.2) is 71.9 Å². The van der Waals surface area contributed by atoms with Crippen molar-refractivity contribution in [3.8, 4) is 5.75 Å². The Kier molecular flexibility index (Phi) is 5.69. The first kappa shape index (κ1) is 20.2. The van der Waals surface area contributed by atoms with E-state index < -0.39 is 29.8 Å². The van der Waals surface area contributed by atoms with Gasteiger partial charge in [0.25, 0.3) is 5.91 Å². The Balaban J connectivity index is 1.88. The molecule has 2 saturated heterocycles. The first-order valence-electron chi connectivity index (χ1n) is 8.91. The number of hydrogen-bond donors (Lipinski definition) is 1. The summed E-state index contributed by atoms with van der Waals surface area (Å²) in [6.07, 6.45) is -5.81. The van der Waals surface area contributed by atoms with Crippen molar-refractivity contribution in [2.24, 2.45) is 0 Å². The summed E-state index contributed by atoms with van der Waals surface area (Å²) in [6, 6.07) is 2.50. The number of morpholine rings is 1. The van der Waals surface area contributed by atoms with Crippen molar-refractivity contribution in [1.82, 2.24) is 9.80 Å². The van der Waals surface area contributed by atoms with Gasteiger partial charge in [0.1, 0.15) is 11.9 Å². The molecule has 1 N–H and O–H groups in total. The molecule has 1 aromatic carbocycles. The summed E-state index contributed by atoms with van der Waals surface area (Å²) in [5.41, 5.74) is -1.12. The average Bonchev–Trinajstić information content (AvgIpc) is 3.10. The zero-order valence-corrected chi connectivity index (χ0v) is 15.2. The van der Waals surface area contributed by atoms with Gasteiger partial charge in [-0.25, -0.2) is 4.79 Å². The van der Waals surface area contributed by atoms with Crippen molar-refractivity contribution in [2.45, 2.75) is 31.7 Å². The second-order valence-corrected chi connectivity index (χ2v) is 6.89. The first-order chi connectivity index (χ1) is 13.2. The van der Waals surface area contributed by atoms with Gasteiger partial charge in [-0.1, -0.05) is 0 Å². The number of hydrogen-bond acceptors (Lipinski definition) is 4. The number of carbonyl (C=O) groups excluding carboxylic acids is 1. The zero-order valence-electron chi connectivity index (χ0n) is 15.2. The minimum absolute atomic E-state index is 0.0222. The minimum atomic E-state index is -4.60. The van der Waals surface area contributed by atoms with E-state index in [1.54, 1.807) is 6.92 Å². The Morgan fingerprint density at radius 1 is 1.29 bits per heavy atom. The van der Waals surface area contributed by atoms with Crippen LogP contribution in [0.4, 0.5) is 18.0 Å². The Hall–Kier alpha value is -2.49. The Bertz CT molecular complexity index is 755. The molecular weight excluding hydrogens is 381 g/mol. The molecule has 154 valence electrons. The van der Waals surface area contributed by atoms with Gasteiger partial charge in [-0.05, 0) is 25.1 Å². The fraction of sp³-hybridized carbons (Fsp3) is 0.556. The standard InChI is InChI=1S/C18H21F3N2O5/c1-11-10-27-7-6-23(11)16(24)14-8-12(18(19,20)21)2-3-15(14)28-13-4-5-22(9-13)17(25)26/h2-3,8,11,13H,4-7,9-10H2,1H3,(H,25,26)/t11-,13?/m0/s1. The lowest BCUT2D eigenvalue weighted by molar-refractivity contribution is -0.137. The molecule has 0 aliphatic carbocycles. The van der Waals surface area contributed by atoms with E-state index in [9.17, 15) is 22.8 Å². The largest absolute Gasteiger partial charge is 0.488 e. The number of amides is 2. The van der Waals surface area contributed by atoms with Crippen molar-refractivity contribution in [1.29, 1.82) is 0 Å². The van der Waals surface area contributed by atoms with Crippen LogP contribution >= 0.6 is 0 Å². The Labute approximate surface area is 159 Å². The summed E-state index contributed by atoms with van der Waals surface area (Å²) in [4.78, 5) is 26.6. The number of nitrogens with zero attached hydrogens (tertiary/aromatic N) is 2. The van der Waals surface area contributed by atoms with E-state index in [0.29, 0.717) is 19.6 Å². The lowest BCUT2D eigenvalue weighted by Crippen LogP contribution is -2.47. The van der Waals surface area contributed by atoms with Crippen LogP contribution in [0, 0.1) is 0 Å². The summed E-state index contributed by atoms with van der Waals surface area (Å²) >= 11 is 0. The van der Waals surface area contributed by atoms with Gasteiger partial charge >= 0.3 is 12.3 Å². The van der Waals surface area contributed by atoms with Gasteiger partial charge in [0, 0.05) is 19.5 Å². The molecule has 10 heteroatoms. The number of alkyl halides is 3. The van der Waals surface area contributed by atoms with Crippen LogP contribution in [0.1, 0.15) is 29.3 Å². The molecule has 2 amide bonds. The molecule has 0 aromatic heterocycles. The van der Waals surface area contributed by atoms with E-state index in [-0.39, 0.29) is 37.0 Å². The summed E-state index contributed by atoms with van der Waals surface area (Å²) < 4.78 is 50.5. The number of carbonyl (C=O) groups is 2. The Morgan fingerprint density at radius 3 is 2.64 bits per heavy atom. The van der Waals surface area contributed by atoms with Gasteiger partial charge in [-0.2, -0.15) is 13.2 Å². The second kappa shape index (κ2) is 7.86. The first-order valence-corrected chi connectivity index (χ1v) is 8.91. The molecule has 28 heavy (non-hydrogen) atoms. The topological polar surface area (TPSA) is 79.3 Å². The highest BCUT2D eigenvalue weighted by atomic mass is 19.4. The molecule has 7 nitrogen and oxygen atoms in total. The molecule has 2 aliphatic rings. The van der Waals surface area contributed by atoms with Crippen molar-refractivity contribution < 1.29 is 37.3 Å². The number of ether oxygens (including phenoxy) is 2. The number of rotatable bonds is 3. The maximum absolute atomic E-state index is 13.2. The summed E-state index contributed by atoms with van der Waals surface area (Å²) in [5.74, 6) is -0.543. The molecular formula is C18H21F3N2O5. The fourth-order valence-corrected chi connectivity index (χ4v) is 3.34. The van der Waals surface area contributed by atoms with E-state index in [1.165, 1.54) is 9.80 Å². The second-order valence-electron chi connectivity index (χ2n) is 6.89. The predicted octanol–water partition coefficient (Wildman–Crippen LogP) is 2.70. The van der Waals surface area contributed by atoms with Crippen LogP contribution in [0.25, 0.3) is 0 Å². The van der Waals surface area contributed by atoms with Crippen LogP contribution in [0.5, 0.6) is 5.75 Å². The highest BCUT2D eigenvalue weighted by Gasteiger charge is 2.35.